The van der Waals surface area contributed by atoms with Crippen LogP contribution in [0, 0.1) is 5.92 Å². The molecule has 1 fully saturated rings. The Morgan fingerprint density at radius 2 is 1.32 bits per heavy atom. The highest BCUT2D eigenvalue weighted by Gasteiger charge is 2.50. The highest BCUT2D eigenvalue weighted by atomic mass is 28.4. The van der Waals surface area contributed by atoms with E-state index in [9.17, 15) is 4.79 Å². The van der Waals surface area contributed by atoms with Crippen molar-refractivity contribution in [1.82, 2.24) is 0 Å². The first-order valence-corrected chi connectivity index (χ1v) is 23.9. The Kier molecular flexibility index (Phi) is 14.4. The largest absolute Gasteiger partial charge is 0.404 e. The van der Waals surface area contributed by atoms with Crippen LogP contribution in [-0.2, 0) is 18.4 Å². The van der Waals surface area contributed by atoms with E-state index in [-0.39, 0.29) is 17.1 Å². The van der Waals surface area contributed by atoms with Gasteiger partial charge in [-0.15, -0.1) is 0 Å². The third-order valence-corrected chi connectivity index (χ3v) is 20.6. The summed E-state index contributed by atoms with van der Waals surface area (Å²) < 4.78 is 22.1. The van der Waals surface area contributed by atoms with E-state index in [4.69, 9.17) is 13.6 Å². The Balaban J connectivity index is 1.49. The second kappa shape index (κ2) is 18.8. The minimum Gasteiger partial charge on any atom is -0.404 e. The Hall–Kier alpha value is -3.40. The van der Waals surface area contributed by atoms with Crippen LogP contribution >= 0.6 is 0 Å². The number of hydrogen-bond acceptors (Lipinski definition) is 4. The molecule has 4 aromatic rings. The number of unbranched alkanes of at least 4 members (excludes halogenated alkanes) is 1. The number of aldehydes is 1. The number of hydrogen-bond donors (Lipinski definition) is 0. The minimum atomic E-state index is -2.68. The standard InChI is InChI=1S/C47H62O4Si2/c1-7-8-36-52(41-23-13-9-14-24-41,42-25-15-10-16-26-42)51-45-32-31-40(38-49-47(45,6)34-21-22-39(2)37-48)33-35-50-53(46(3,4)5,43-27-17-11-18-28-43)44-29-19-12-20-30-44/h9-20,23-30,33,37,39,45H,7-8,21-22,31-32,34-36,38H2,1-6H3/t39?,45-,47-/m0/s1. The third-order valence-electron chi connectivity index (χ3n) is 11.4. The summed E-state index contributed by atoms with van der Waals surface area (Å²) in [5.74, 6) is 0.0319. The van der Waals surface area contributed by atoms with Crippen LogP contribution in [0.25, 0.3) is 0 Å². The zero-order chi connectivity index (χ0) is 37.8. The molecule has 5 rings (SSSR count). The van der Waals surface area contributed by atoms with Gasteiger partial charge in [0.1, 0.15) is 6.29 Å². The maximum Gasteiger partial charge on any atom is 0.261 e. The number of benzene rings is 4. The molecule has 3 atom stereocenters. The summed E-state index contributed by atoms with van der Waals surface area (Å²) in [5, 5.41) is 5.11. The lowest BCUT2D eigenvalue weighted by molar-refractivity contribution is -0.111. The van der Waals surface area contributed by atoms with E-state index in [0.717, 1.165) is 57.3 Å². The molecule has 4 nitrogen and oxygen atoms in total. The maximum absolute atomic E-state index is 11.6. The van der Waals surface area contributed by atoms with E-state index in [0.29, 0.717) is 13.2 Å². The van der Waals surface area contributed by atoms with Gasteiger partial charge >= 0.3 is 0 Å². The van der Waals surface area contributed by atoms with Crippen LogP contribution in [0.3, 0.4) is 0 Å². The topological polar surface area (TPSA) is 44.8 Å². The Morgan fingerprint density at radius 3 is 1.79 bits per heavy atom. The van der Waals surface area contributed by atoms with Gasteiger partial charge in [0.25, 0.3) is 16.6 Å². The summed E-state index contributed by atoms with van der Waals surface area (Å²) in [6.45, 7) is 14.6. The minimum absolute atomic E-state index is 0.0319. The fourth-order valence-electron chi connectivity index (χ4n) is 8.25. The fraction of sp³-hybridized carbons (Fsp3) is 0.426. The molecule has 0 N–H and O–H groups in total. The quantitative estimate of drug-likeness (QED) is 0.0615. The molecule has 0 saturated carbocycles. The summed E-state index contributed by atoms with van der Waals surface area (Å²) >= 11 is 0. The molecular formula is C47H62O4Si2. The zero-order valence-electron chi connectivity index (χ0n) is 33.1. The van der Waals surface area contributed by atoms with Gasteiger partial charge in [-0.25, -0.2) is 0 Å². The SMILES string of the molecule is CCCC[Si](O[C@H]1CCC(=CCO[Si](c2ccccc2)(c2ccccc2)C(C)(C)C)CO[C@@]1(C)CCCC(C)C=O)(c1ccccc1)c1ccccc1. The molecule has 0 aromatic heterocycles. The van der Waals surface area contributed by atoms with Gasteiger partial charge in [0.2, 0.25) is 0 Å². The Bertz CT molecular complexity index is 1630. The average molecular weight is 747 g/mol. The molecule has 1 heterocycles. The molecule has 282 valence electrons. The zero-order valence-corrected chi connectivity index (χ0v) is 35.1. The number of carbonyl (C=O) groups is 1. The van der Waals surface area contributed by atoms with Gasteiger partial charge in [0.05, 0.1) is 24.9 Å². The van der Waals surface area contributed by atoms with Gasteiger partial charge in [0, 0.05) is 5.92 Å². The van der Waals surface area contributed by atoms with Crippen molar-refractivity contribution in [2.75, 3.05) is 13.2 Å². The lowest BCUT2D eigenvalue weighted by Crippen LogP contribution is -2.66. The summed E-state index contributed by atoms with van der Waals surface area (Å²) in [6.07, 6.45) is 9.82. The van der Waals surface area contributed by atoms with Crippen molar-refractivity contribution in [2.45, 2.75) is 109 Å². The molecular weight excluding hydrogens is 685 g/mol. The van der Waals surface area contributed by atoms with Gasteiger partial charge < -0.3 is 18.4 Å². The normalized spacial score (nSPS) is 19.8. The van der Waals surface area contributed by atoms with E-state index in [1.807, 2.05) is 6.92 Å². The Labute approximate surface area is 322 Å². The molecule has 0 amide bonds. The number of carbonyl (C=O) groups excluding carboxylic acids is 1. The predicted octanol–water partition coefficient (Wildman–Crippen LogP) is 9.01. The first-order chi connectivity index (χ1) is 25.6. The number of ether oxygens (including phenoxy) is 1. The van der Waals surface area contributed by atoms with Crippen LogP contribution in [0.15, 0.2) is 133 Å². The van der Waals surface area contributed by atoms with Crippen LogP contribution in [0.2, 0.25) is 11.1 Å². The molecule has 0 spiro atoms. The van der Waals surface area contributed by atoms with Crippen molar-refractivity contribution in [3.05, 3.63) is 133 Å². The average Bonchev–Trinajstić information content (AvgIpc) is 3.33. The van der Waals surface area contributed by atoms with Gasteiger partial charge in [-0.1, -0.05) is 175 Å². The summed E-state index contributed by atoms with van der Waals surface area (Å²) in [4.78, 5) is 11.6. The lowest BCUT2D eigenvalue weighted by atomic mass is 9.88. The van der Waals surface area contributed by atoms with E-state index < -0.39 is 22.2 Å². The van der Waals surface area contributed by atoms with Crippen molar-refractivity contribution < 1.29 is 18.4 Å². The maximum atomic E-state index is 11.6. The van der Waals surface area contributed by atoms with Crippen molar-refractivity contribution in [2.24, 2.45) is 5.92 Å². The molecule has 1 aliphatic rings. The second-order valence-electron chi connectivity index (χ2n) is 16.3. The molecule has 1 aliphatic heterocycles. The molecule has 6 heteroatoms. The van der Waals surface area contributed by atoms with Gasteiger partial charge in [-0.2, -0.15) is 0 Å². The van der Waals surface area contributed by atoms with Crippen molar-refractivity contribution in [1.29, 1.82) is 0 Å². The highest BCUT2D eigenvalue weighted by Crippen LogP contribution is 2.38. The third kappa shape index (κ3) is 9.65. The fourth-order valence-corrected chi connectivity index (χ4v) is 17.2. The molecule has 1 saturated heterocycles. The van der Waals surface area contributed by atoms with Crippen molar-refractivity contribution in [3.8, 4) is 0 Å². The van der Waals surface area contributed by atoms with Crippen molar-refractivity contribution in [3.63, 3.8) is 0 Å². The summed E-state index contributed by atoms with van der Waals surface area (Å²) in [6, 6.07) is 44.7. The van der Waals surface area contributed by atoms with Crippen LogP contribution in [0.5, 0.6) is 0 Å². The lowest BCUT2D eigenvalue weighted by Gasteiger charge is -2.43. The van der Waals surface area contributed by atoms with Crippen molar-refractivity contribution >= 4 is 43.7 Å². The van der Waals surface area contributed by atoms with Gasteiger partial charge in [0.15, 0.2) is 0 Å². The highest BCUT2D eigenvalue weighted by molar-refractivity contribution is 6.99. The summed E-state index contributed by atoms with van der Waals surface area (Å²) in [7, 11) is -5.35. The summed E-state index contributed by atoms with van der Waals surface area (Å²) in [5.41, 5.74) is 0.757. The monoisotopic (exact) mass is 746 g/mol. The van der Waals surface area contributed by atoms with Gasteiger partial charge in [-0.3, -0.25) is 0 Å². The van der Waals surface area contributed by atoms with Crippen LogP contribution in [-0.4, -0.2) is 47.8 Å². The molecule has 0 aliphatic carbocycles. The second-order valence-corrected chi connectivity index (χ2v) is 24.1. The van der Waals surface area contributed by atoms with E-state index in [2.05, 4.69) is 162 Å². The molecule has 53 heavy (non-hydrogen) atoms. The van der Waals surface area contributed by atoms with E-state index in [1.54, 1.807) is 0 Å². The molecule has 0 radical (unpaired) electrons. The molecule has 4 aromatic carbocycles. The first-order valence-electron chi connectivity index (χ1n) is 19.9. The first kappa shape index (κ1) is 40.8. The smallest absolute Gasteiger partial charge is 0.261 e. The molecule has 0 bridgehead atoms. The van der Waals surface area contributed by atoms with E-state index >= 15 is 0 Å². The van der Waals surface area contributed by atoms with Crippen LogP contribution in [0.1, 0.15) is 86.5 Å². The van der Waals surface area contributed by atoms with Crippen LogP contribution in [0.4, 0.5) is 0 Å². The van der Waals surface area contributed by atoms with Gasteiger partial charge in [-0.05, 0) is 76.4 Å². The Morgan fingerprint density at radius 1 is 0.811 bits per heavy atom. The number of rotatable bonds is 17. The molecule has 1 unspecified atom stereocenters. The van der Waals surface area contributed by atoms with Crippen LogP contribution < -0.4 is 20.7 Å². The van der Waals surface area contributed by atoms with E-state index in [1.165, 1.54) is 26.3 Å². The predicted molar refractivity (Wildman–Crippen MR) is 227 cm³/mol.